The molecule has 1 aliphatic carbocycles. The summed E-state index contributed by atoms with van der Waals surface area (Å²) in [7, 11) is 1.85. The van der Waals surface area contributed by atoms with Crippen molar-refractivity contribution < 1.29 is 4.79 Å². The first-order chi connectivity index (χ1) is 12.6. The van der Waals surface area contributed by atoms with Gasteiger partial charge in [0.2, 0.25) is 5.91 Å². The summed E-state index contributed by atoms with van der Waals surface area (Å²) in [5, 5.41) is 16.2. The normalized spacial score (nSPS) is 13.3. The number of pyridine rings is 1. The minimum Gasteiger partial charge on any atom is -0.309 e. The lowest BCUT2D eigenvalue weighted by atomic mass is 10.1. The van der Waals surface area contributed by atoms with Crippen LogP contribution in [0.1, 0.15) is 36.6 Å². The van der Waals surface area contributed by atoms with Gasteiger partial charge in [-0.2, -0.15) is 5.10 Å². The number of rotatable bonds is 3. The lowest BCUT2D eigenvalue weighted by molar-refractivity contribution is -0.117. The first kappa shape index (κ1) is 16.2. The van der Waals surface area contributed by atoms with Gasteiger partial charge in [0.1, 0.15) is 5.52 Å². The maximum Gasteiger partial charge on any atom is 0.228 e. The van der Waals surface area contributed by atoms with Crippen molar-refractivity contribution >= 4 is 22.6 Å². The molecular formula is C19H18N6O. The third-order valence-corrected chi connectivity index (χ3v) is 4.29. The van der Waals surface area contributed by atoms with Gasteiger partial charge in [-0.1, -0.05) is 18.8 Å². The molecule has 130 valence electrons. The molecule has 26 heavy (non-hydrogen) atoms. The molecule has 1 fully saturated rings. The fourth-order valence-electron chi connectivity index (χ4n) is 2.70. The average molecular weight is 346 g/mol. The standard InChI is InChI=1S/C19H18N6O/c1-3-16-18-15(8-17(23-24-18)22-19(26)13-6-7-13)14(10-20-16)5-4-12-9-21-25(2)11-12/h8-11,13H,3,6-7H2,1-2H3,(H,22,23,26). The second-order valence-corrected chi connectivity index (χ2v) is 6.38. The Balaban J connectivity index is 1.75. The molecule has 0 aliphatic heterocycles. The van der Waals surface area contributed by atoms with E-state index in [1.165, 1.54) is 0 Å². The molecule has 1 saturated carbocycles. The molecule has 1 amide bonds. The zero-order valence-corrected chi connectivity index (χ0v) is 14.7. The van der Waals surface area contributed by atoms with Crippen LogP contribution in [0.2, 0.25) is 0 Å². The van der Waals surface area contributed by atoms with E-state index >= 15 is 0 Å². The summed E-state index contributed by atoms with van der Waals surface area (Å²) >= 11 is 0. The van der Waals surface area contributed by atoms with Gasteiger partial charge < -0.3 is 5.32 Å². The molecule has 0 saturated heterocycles. The molecule has 3 aromatic rings. The summed E-state index contributed by atoms with van der Waals surface area (Å²) < 4.78 is 1.71. The number of amides is 1. The Hall–Kier alpha value is -3.27. The van der Waals surface area contributed by atoms with Crippen molar-refractivity contribution in [2.24, 2.45) is 13.0 Å². The first-order valence-electron chi connectivity index (χ1n) is 8.61. The number of aromatic nitrogens is 5. The summed E-state index contributed by atoms with van der Waals surface area (Å²) in [6.45, 7) is 2.02. The summed E-state index contributed by atoms with van der Waals surface area (Å²) in [4.78, 5) is 16.5. The van der Waals surface area contributed by atoms with Crippen LogP contribution in [0.4, 0.5) is 5.82 Å². The Bertz CT molecular complexity index is 1050. The highest BCUT2D eigenvalue weighted by Crippen LogP contribution is 2.30. The molecule has 0 bridgehead atoms. The molecule has 0 atom stereocenters. The first-order valence-corrected chi connectivity index (χ1v) is 8.61. The molecule has 1 aliphatic rings. The number of nitrogens with one attached hydrogen (secondary N) is 1. The molecule has 3 heterocycles. The average Bonchev–Trinajstić information content (AvgIpc) is 3.42. The van der Waals surface area contributed by atoms with Crippen LogP contribution in [-0.2, 0) is 18.3 Å². The van der Waals surface area contributed by atoms with Crippen LogP contribution in [-0.4, -0.2) is 30.9 Å². The highest BCUT2D eigenvalue weighted by Gasteiger charge is 2.30. The van der Waals surface area contributed by atoms with E-state index in [0.717, 1.165) is 47.0 Å². The van der Waals surface area contributed by atoms with Gasteiger partial charge in [0.05, 0.1) is 23.0 Å². The summed E-state index contributed by atoms with van der Waals surface area (Å²) in [6.07, 6.45) is 7.94. The largest absolute Gasteiger partial charge is 0.309 e. The second-order valence-electron chi connectivity index (χ2n) is 6.38. The smallest absolute Gasteiger partial charge is 0.228 e. The van der Waals surface area contributed by atoms with E-state index in [9.17, 15) is 4.79 Å². The third kappa shape index (κ3) is 3.26. The van der Waals surface area contributed by atoms with Crippen molar-refractivity contribution in [1.29, 1.82) is 0 Å². The lowest BCUT2D eigenvalue weighted by Crippen LogP contribution is -2.15. The highest BCUT2D eigenvalue weighted by atomic mass is 16.2. The number of anilines is 1. The molecule has 3 aromatic heterocycles. The lowest BCUT2D eigenvalue weighted by Gasteiger charge is -2.07. The van der Waals surface area contributed by atoms with E-state index in [1.807, 2.05) is 26.2 Å². The number of hydrogen-bond acceptors (Lipinski definition) is 5. The topological polar surface area (TPSA) is 85.6 Å². The zero-order valence-electron chi connectivity index (χ0n) is 14.7. The number of carbonyl (C=O) groups excluding carboxylic acids is 1. The van der Waals surface area contributed by atoms with Gasteiger partial charge in [0.25, 0.3) is 0 Å². The minimum atomic E-state index is 0.00594. The number of nitrogens with zero attached hydrogens (tertiary/aromatic N) is 5. The van der Waals surface area contributed by atoms with Gasteiger partial charge in [-0.3, -0.25) is 14.5 Å². The van der Waals surface area contributed by atoms with Crippen LogP contribution in [0.25, 0.3) is 10.9 Å². The van der Waals surface area contributed by atoms with Gasteiger partial charge in [0.15, 0.2) is 5.82 Å². The van der Waals surface area contributed by atoms with Crippen LogP contribution >= 0.6 is 0 Å². The molecule has 7 heteroatoms. The Kier molecular flexibility index (Phi) is 4.09. The van der Waals surface area contributed by atoms with Crippen LogP contribution in [0.5, 0.6) is 0 Å². The SMILES string of the molecule is CCc1ncc(C#Cc2cnn(C)c2)c2cc(NC(=O)C3CC3)nnc12. The molecule has 0 radical (unpaired) electrons. The monoisotopic (exact) mass is 346 g/mol. The third-order valence-electron chi connectivity index (χ3n) is 4.29. The number of carbonyl (C=O) groups is 1. The molecule has 0 unspecified atom stereocenters. The molecule has 4 rings (SSSR count). The summed E-state index contributed by atoms with van der Waals surface area (Å²) in [6, 6.07) is 1.83. The van der Waals surface area contributed by atoms with Gasteiger partial charge in [-0.05, 0) is 25.3 Å². The predicted octanol–water partition coefficient (Wildman–Crippen LogP) is 2.07. The van der Waals surface area contributed by atoms with Crippen molar-refractivity contribution in [3.63, 3.8) is 0 Å². The van der Waals surface area contributed by atoms with Gasteiger partial charge in [0, 0.05) is 30.7 Å². The zero-order chi connectivity index (χ0) is 18.1. The summed E-state index contributed by atoms with van der Waals surface area (Å²) in [5.41, 5.74) is 3.15. The van der Waals surface area contributed by atoms with Crippen molar-refractivity contribution in [1.82, 2.24) is 25.0 Å². The van der Waals surface area contributed by atoms with Crippen molar-refractivity contribution in [3.8, 4) is 11.8 Å². The van der Waals surface area contributed by atoms with Gasteiger partial charge >= 0.3 is 0 Å². The van der Waals surface area contributed by atoms with Crippen LogP contribution in [0.15, 0.2) is 24.7 Å². The fraction of sp³-hybridized carbons (Fsp3) is 0.316. The van der Waals surface area contributed by atoms with Crippen molar-refractivity contribution in [2.45, 2.75) is 26.2 Å². The number of hydrogen-bond donors (Lipinski definition) is 1. The molecule has 1 N–H and O–H groups in total. The highest BCUT2D eigenvalue weighted by molar-refractivity contribution is 5.95. The molecule has 0 aromatic carbocycles. The second kappa shape index (κ2) is 6.56. The van der Waals surface area contributed by atoms with Crippen LogP contribution < -0.4 is 5.32 Å². The Labute approximate surface area is 150 Å². The Morgan fingerprint density at radius 3 is 2.85 bits per heavy atom. The van der Waals surface area contributed by atoms with Crippen LogP contribution in [0.3, 0.4) is 0 Å². The number of fused-ring (bicyclic) bond motifs is 1. The van der Waals surface area contributed by atoms with E-state index in [-0.39, 0.29) is 11.8 Å². The van der Waals surface area contributed by atoms with Crippen LogP contribution in [0, 0.1) is 17.8 Å². The maximum atomic E-state index is 12.0. The molecular weight excluding hydrogens is 328 g/mol. The molecule has 0 spiro atoms. The van der Waals surface area contributed by atoms with Gasteiger partial charge in [-0.15, -0.1) is 10.2 Å². The van der Waals surface area contributed by atoms with E-state index in [1.54, 1.807) is 17.1 Å². The predicted molar refractivity (Wildman–Crippen MR) is 97.3 cm³/mol. The Morgan fingerprint density at radius 2 is 2.15 bits per heavy atom. The van der Waals surface area contributed by atoms with E-state index in [2.05, 4.69) is 37.4 Å². The van der Waals surface area contributed by atoms with E-state index in [4.69, 9.17) is 0 Å². The summed E-state index contributed by atoms with van der Waals surface area (Å²) in [5.74, 6) is 6.80. The van der Waals surface area contributed by atoms with E-state index in [0.29, 0.717) is 5.82 Å². The van der Waals surface area contributed by atoms with Gasteiger partial charge in [-0.25, -0.2) is 0 Å². The Morgan fingerprint density at radius 1 is 1.31 bits per heavy atom. The molecule has 7 nitrogen and oxygen atoms in total. The van der Waals surface area contributed by atoms with Crippen molar-refractivity contribution in [2.75, 3.05) is 5.32 Å². The quantitative estimate of drug-likeness (QED) is 0.734. The minimum absolute atomic E-state index is 0.00594. The van der Waals surface area contributed by atoms with E-state index < -0.39 is 0 Å². The number of aryl methyl sites for hydroxylation is 2. The fourth-order valence-corrected chi connectivity index (χ4v) is 2.70. The van der Waals surface area contributed by atoms with Crippen molar-refractivity contribution in [3.05, 3.63) is 41.5 Å². The maximum absolute atomic E-state index is 12.0.